The molecule has 0 amide bonds. The molecular formula is C17H24N2O2. The molecule has 0 radical (unpaired) electrons. The van der Waals surface area contributed by atoms with Crippen molar-refractivity contribution in [3.63, 3.8) is 0 Å². The second-order valence-electron chi connectivity index (χ2n) is 5.52. The first kappa shape index (κ1) is 15.8. The van der Waals surface area contributed by atoms with Gasteiger partial charge in [0.2, 0.25) is 0 Å². The summed E-state index contributed by atoms with van der Waals surface area (Å²) >= 11 is 0. The first-order valence-electron chi connectivity index (χ1n) is 7.67. The number of benzene rings is 1. The summed E-state index contributed by atoms with van der Waals surface area (Å²) in [5.41, 5.74) is 1.77. The van der Waals surface area contributed by atoms with Gasteiger partial charge in [0.1, 0.15) is 11.8 Å². The third-order valence-corrected chi connectivity index (χ3v) is 3.81. The molecule has 0 bridgehead atoms. The van der Waals surface area contributed by atoms with Crippen LogP contribution in [0.2, 0.25) is 0 Å². The van der Waals surface area contributed by atoms with Crippen LogP contribution in [-0.2, 0) is 11.3 Å². The van der Waals surface area contributed by atoms with Crippen molar-refractivity contribution in [1.82, 2.24) is 4.90 Å². The van der Waals surface area contributed by atoms with Crippen molar-refractivity contribution < 1.29 is 9.47 Å². The number of rotatable bonds is 6. The molecule has 1 aromatic rings. The van der Waals surface area contributed by atoms with E-state index in [1.165, 1.54) is 12.0 Å². The van der Waals surface area contributed by atoms with Crippen LogP contribution in [0.25, 0.3) is 0 Å². The van der Waals surface area contributed by atoms with Crippen LogP contribution >= 0.6 is 0 Å². The number of hydrogen-bond donors (Lipinski definition) is 0. The molecule has 114 valence electrons. The second-order valence-corrected chi connectivity index (χ2v) is 5.52. The van der Waals surface area contributed by atoms with Gasteiger partial charge < -0.3 is 9.47 Å². The predicted octanol–water partition coefficient (Wildman–Crippen LogP) is 2.96. The van der Waals surface area contributed by atoms with Crippen molar-refractivity contribution >= 4 is 0 Å². The summed E-state index contributed by atoms with van der Waals surface area (Å²) in [5.74, 6) is 0.658. The summed E-state index contributed by atoms with van der Waals surface area (Å²) in [7, 11) is 1.61. The molecule has 1 atom stereocenters. The molecule has 1 fully saturated rings. The van der Waals surface area contributed by atoms with E-state index in [4.69, 9.17) is 14.7 Å². The van der Waals surface area contributed by atoms with Gasteiger partial charge in [0.25, 0.3) is 0 Å². The molecule has 1 aliphatic heterocycles. The average molecular weight is 288 g/mol. The molecule has 1 unspecified atom stereocenters. The van der Waals surface area contributed by atoms with Crippen LogP contribution in [0.15, 0.2) is 18.2 Å². The lowest BCUT2D eigenvalue weighted by Crippen LogP contribution is -2.39. The number of nitrogens with zero attached hydrogens (tertiary/aromatic N) is 2. The van der Waals surface area contributed by atoms with Crippen LogP contribution in [-0.4, -0.2) is 37.8 Å². The number of methoxy groups -OCH3 is 1. The van der Waals surface area contributed by atoms with Crippen LogP contribution in [0.3, 0.4) is 0 Å². The predicted molar refractivity (Wildman–Crippen MR) is 82.3 cm³/mol. The van der Waals surface area contributed by atoms with E-state index in [1.807, 2.05) is 18.2 Å². The molecular weight excluding hydrogens is 264 g/mol. The number of nitriles is 1. The van der Waals surface area contributed by atoms with Gasteiger partial charge >= 0.3 is 0 Å². The van der Waals surface area contributed by atoms with Crippen molar-refractivity contribution in [2.75, 3.05) is 26.8 Å². The van der Waals surface area contributed by atoms with E-state index in [-0.39, 0.29) is 0 Å². The standard InChI is InChI=1S/C17H24N2O2/c1-3-9-21-16-5-4-8-19(13-16)12-14-6-7-15(11-18)17(10-14)20-2/h6-7,10,16H,3-5,8-9,12-13H2,1-2H3. The van der Waals surface area contributed by atoms with Gasteiger partial charge in [-0.2, -0.15) is 5.26 Å². The third kappa shape index (κ3) is 4.45. The SMILES string of the molecule is CCCOC1CCCN(Cc2ccc(C#N)c(OC)c2)C1. The maximum Gasteiger partial charge on any atom is 0.136 e. The Morgan fingerprint density at radius 1 is 1.43 bits per heavy atom. The van der Waals surface area contributed by atoms with Crippen molar-refractivity contribution in [3.8, 4) is 11.8 Å². The maximum atomic E-state index is 9.02. The van der Waals surface area contributed by atoms with Crippen LogP contribution in [0.1, 0.15) is 37.3 Å². The molecule has 1 aliphatic rings. The number of likely N-dealkylation sites (tertiary alicyclic amines) is 1. The van der Waals surface area contributed by atoms with E-state index in [2.05, 4.69) is 17.9 Å². The Hall–Kier alpha value is -1.57. The Morgan fingerprint density at radius 2 is 2.29 bits per heavy atom. The molecule has 21 heavy (non-hydrogen) atoms. The topological polar surface area (TPSA) is 45.5 Å². The van der Waals surface area contributed by atoms with Gasteiger partial charge in [-0.05, 0) is 43.5 Å². The van der Waals surface area contributed by atoms with E-state index in [0.717, 1.165) is 39.1 Å². The van der Waals surface area contributed by atoms with Crippen LogP contribution < -0.4 is 4.74 Å². The van der Waals surface area contributed by atoms with E-state index >= 15 is 0 Å². The van der Waals surface area contributed by atoms with E-state index in [0.29, 0.717) is 17.4 Å². The Balaban J connectivity index is 1.96. The monoisotopic (exact) mass is 288 g/mol. The lowest BCUT2D eigenvalue weighted by Gasteiger charge is -2.32. The van der Waals surface area contributed by atoms with Gasteiger partial charge in [-0.15, -0.1) is 0 Å². The molecule has 2 rings (SSSR count). The van der Waals surface area contributed by atoms with Crippen LogP contribution in [0.4, 0.5) is 0 Å². The first-order valence-corrected chi connectivity index (χ1v) is 7.67. The zero-order chi connectivity index (χ0) is 15.1. The highest BCUT2D eigenvalue weighted by molar-refractivity contribution is 5.45. The minimum atomic E-state index is 0.360. The van der Waals surface area contributed by atoms with E-state index in [1.54, 1.807) is 7.11 Å². The summed E-state index contributed by atoms with van der Waals surface area (Å²) in [5, 5.41) is 9.02. The first-order chi connectivity index (χ1) is 10.3. The Bertz CT molecular complexity index is 496. The van der Waals surface area contributed by atoms with Crippen molar-refractivity contribution in [1.29, 1.82) is 5.26 Å². The molecule has 0 N–H and O–H groups in total. The fourth-order valence-electron chi connectivity index (χ4n) is 2.76. The number of piperidine rings is 1. The summed E-state index contributed by atoms with van der Waals surface area (Å²) in [4.78, 5) is 2.42. The summed E-state index contributed by atoms with van der Waals surface area (Å²) in [6.45, 7) is 5.97. The van der Waals surface area contributed by atoms with Gasteiger partial charge in [-0.25, -0.2) is 0 Å². The normalized spacial score (nSPS) is 19.2. The second kappa shape index (κ2) is 8.02. The summed E-state index contributed by atoms with van der Waals surface area (Å²) in [6, 6.07) is 7.96. The van der Waals surface area contributed by atoms with Gasteiger partial charge in [-0.1, -0.05) is 13.0 Å². The summed E-state index contributed by atoms with van der Waals surface area (Å²) < 4.78 is 11.1. The molecule has 1 heterocycles. The lowest BCUT2D eigenvalue weighted by molar-refractivity contribution is -0.00223. The minimum Gasteiger partial charge on any atom is -0.495 e. The lowest BCUT2D eigenvalue weighted by atomic mass is 10.1. The van der Waals surface area contributed by atoms with Crippen molar-refractivity contribution in [3.05, 3.63) is 29.3 Å². The minimum absolute atomic E-state index is 0.360. The molecule has 0 spiro atoms. The Kier molecular flexibility index (Phi) is 6.04. The van der Waals surface area contributed by atoms with Crippen molar-refractivity contribution in [2.45, 2.75) is 38.8 Å². The van der Waals surface area contributed by atoms with Crippen LogP contribution in [0, 0.1) is 11.3 Å². The van der Waals surface area contributed by atoms with Crippen LogP contribution in [0.5, 0.6) is 5.75 Å². The van der Waals surface area contributed by atoms with Gasteiger partial charge in [0.15, 0.2) is 0 Å². The van der Waals surface area contributed by atoms with Gasteiger partial charge in [0, 0.05) is 19.7 Å². The number of hydrogen-bond acceptors (Lipinski definition) is 4. The molecule has 4 heteroatoms. The molecule has 0 saturated carbocycles. The highest BCUT2D eigenvalue weighted by Gasteiger charge is 2.20. The highest BCUT2D eigenvalue weighted by atomic mass is 16.5. The largest absolute Gasteiger partial charge is 0.495 e. The number of ether oxygens (including phenoxy) is 2. The smallest absolute Gasteiger partial charge is 0.136 e. The van der Waals surface area contributed by atoms with Gasteiger partial charge in [0.05, 0.1) is 18.8 Å². The fraction of sp³-hybridized carbons (Fsp3) is 0.588. The molecule has 1 saturated heterocycles. The van der Waals surface area contributed by atoms with Crippen molar-refractivity contribution in [2.24, 2.45) is 0 Å². The third-order valence-electron chi connectivity index (χ3n) is 3.81. The van der Waals surface area contributed by atoms with E-state index < -0.39 is 0 Å². The Morgan fingerprint density at radius 3 is 3.00 bits per heavy atom. The zero-order valence-corrected chi connectivity index (χ0v) is 13.0. The molecule has 0 aliphatic carbocycles. The highest BCUT2D eigenvalue weighted by Crippen LogP contribution is 2.22. The quantitative estimate of drug-likeness (QED) is 0.807. The zero-order valence-electron chi connectivity index (χ0n) is 13.0. The molecule has 1 aromatic carbocycles. The maximum absolute atomic E-state index is 9.02. The van der Waals surface area contributed by atoms with E-state index in [9.17, 15) is 0 Å². The van der Waals surface area contributed by atoms with Gasteiger partial charge in [-0.3, -0.25) is 4.90 Å². The fourth-order valence-corrected chi connectivity index (χ4v) is 2.76. The molecule has 0 aromatic heterocycles. The Labute approximate surface area is 127 Å². The average Bonchev–Trinajstić information content (AvgIpc) is 2.53. The molecule has 4 nitrogen and oxygen atoms in total. The summed E-state index contributed by atoms with van der Waals surface area (Å²) in [6.07, 6.45) is 3.78.